The number of methoxy groups -OCH3 is 1. The van der Waals surface area contributed by atoms with Gasteiger partial charge in [-0.3, -0.25) is 14.6 Å². The van der Waals surface area contributed by atoms with E-state index in [1.54, 1.807) is 30.3 Å². The van der Waals surface area contributed by atoms with Crippen molar-refractivity contribution < 1.29 is 14.3 Å². The van der Waals surface area contributed by atoms with Gasteiger partial charge in [-0.25, -0.2) is 0 Å². The molecule has 0 fully saturated rings. The molecule has 4 rings (SSSR count). The average Bonchev–Trinajstić information content (AvgIpc) is 2.82. The van der Waals surface area contributed by atoms with Crippen LogP contribution in [-0.4, -0.2) is 30.5 Å². The summed E-state index contributed by atoms with van der Waals surface area (Å²) in [5, 5.41) is 3.51. The van der Waals surface area contributed by atoms with E-state index in [9.17, 15) is 9.59 Å². The van der Waals surface area contributed by atoms with Crippen molar-refractivity contribution in [3.05, 3.63) is 88.2 Å². The van der Waals surface area contributed by atoms with Crippen LogP contribution in [0.25, 0.3) is 0 Å². The average molecular weight is 450 g/mol. The van der Waals surface area contributed by atoms with Crippen molar-refractivity contribution >= 4 is 29.1 Å². The fourth-order valence-corrected chi connectivity index (χ4v) is 4.07. The lowest BCUT2D eigenvalue weighted by molar-refractivity contribution is -0.118. The smallest absolute Gasteiger partial charge is 0.253 e. The summed E-state index contributed by atoms with van der Waals surface area (Å²) < 4.78 is 5.38. The van der Waals surface area contributed by atoms with Gasteiger partial charge in [0.15, 0.2) is 0 Å². The van der Waals surface area contributed by atoms with E-state index in [2.05, 4.69) is 10.3 Å². The lowest BCUT2D eigenvalue weighted by Crippen LogP contribution is -2.37. The molecule has 1 aliphatic heterocycles. The second-order valence-electron chi connectivity index (χ2n) is 7.64. The van der Waals surface area contributed by atoms with Crippen molar-refractivity contribution in [2.45, 2.75) is 25.8 Å². The first kappa shape index (κ1) is 21.8. The van der Waals surface area contributed by atoms with Gasteiger partial charge in [0.05, 0.1) is 30.5 Å². The van der Waals surface area contributed by atoms with Crippen LogP contribution in [0, 0.1) is 0 Å². The first-order chi connectivity index (χ1) is 15.5. The highest BCUT2D eigenvalue weighted by Gasteiger charge is 2.25. The fourth-order valence-electron chi connectivity index (χ4n) is 3.85. The minimum absolute atomic E-state index is 0.0475. The number of aromatic nitrogens is 1. The Labute approximate surface area is 192 Å². The molecule has 1 aromatic heterocycles. The molecule has 0 aliphatic carbocycles. The Bertz CT molecular complexity index is 1150. The van der Waals surface area contributed by atoms with Crippen molar-refractivity contribution in [2.24, 2.45) is 0 Å². The summed E-state index contributed by atoms with van der Waals surface area (Å²) in [6, 6.07) is 16.6. The molecule has 164 valence electrons. The maximum absolute atomic E-state index is 13.2. The van der Waals surface area contributed by atoms with Crippen molar-refractivity contribution in [1.29, 1.82) is 0 Å². The Balaban J connectivity index is 1.51. The van der Waals surface area contributed by atoms with Crippen LogP contribution in [0.1, 0.15) is 33.6 Å². The molecule has 0 unspecified atom stereocenters. The van der Waals surface area contributed by atoms with Crippen molar-refractivity contribution in [3.8, 4) is 5.75 Å². The Hall–Kier alpha value is -3.38. The summed E-state index contributed by atoms with van der Waals surface area (Å²) >= 11 is 6.01. The van der Waals surface area contributed by atoms with E-state index in [4.69, 9.17) is 16.3 Å². The summed E-state index contributed by atoms with van der Waals surface area (Å²) in [4.78, 5) is 32.1. The monoisotopic (exact) mass is 449 g/mol. The van der Waals surface area contributed by atoms with Gasteiger partial charge < -0.3 is 15.0 Å². The van der Waals surface area contributed by atoms with Crippen LogP contribution in [0.15, 0.2) is 60.8 Å². The van der Waals surface area contributed by atoms with Gasteiger partial charge in [0, 0.05) is 29.9 Å². The Morgan fingerprint density at radius 1 is 1.16 bits per heavy atom. The molecule has 32 heavy (non-hydrogen) atoms. The molecule has 0 spiro atoms. The highest BCUT2D eigenvalue weighted by Crippen LogP contribution is 2.28. The van der Waals surface area contributed by atoms with Gasteiger partial charge in [-0.15, -0.1) is 0 Å². The Morgan fingerprint density at radius 2 is 2.00 bits per heavy atom. The van der Waals surface area contributed by atoms with E-state index in [-0.39, 0.29) is 18.2 Å². The number of nitrogens with one attached hydrogen (secondary N) is 1. The predicted octanol–water partition coefficient (Wildman–Crippen LogP) is 4.20. The van der Waals surface area contributed by atoms with Crippen LogP contribution in [-0.2, 0) is 24.2 Å². The maximum Gasteiger partial charge on any atom is 0.253 e. The first-order valence-corrected chi connectivity index (χ1v) is 10.9. The van der Waals surface area contributed by atoms with Gasteiger partial charge >= 0.3 is 0 Å². The van der Waals surface area contributed by atoms with Gasteiger partial charge in [-0.05, 0) is 42.7 Å². The summed E-state index contributed by atoms with van der Waals surface area (Å²) in [5.74, 6) is 0.391. The third-order valence-electron chi connectivity index (χ3n) is 5.47. The number of hydrogen-bond donors (Lipinski definition) is 1. The fraction of sp³-hybridized carbons (Fsp3) is 0.240. The number of hydrogen-bond acceptors (Lipinski definition) is 4. The molecule has 7 heteroatoms. The zero-order valence-electron chi connectivity index (χ0n) is 17.8. The molecule has 0 radical (unpaired) electrons. The Morgan fingerprint density at radius 3 is 2.81 bits per heavy atom. The molecule has 6 nitrogen and oxygen atoms in total. The normalized spacial score (nSPS) is 12.8. The second-order valence-corrected chi connectivity index (χ2v) is 8.08. The predicted molar refractivity (Wildman–Crippen MR) is 124 cm³/mol. The minimum Gasteiger partial charge on any atom is -0.496 e. The number of pyridine rings is 1. The van der Waals surface area contributed by atoms with Gasteiger partial charge in [-0.2, -0.15) is 0 Å². The number of benzene rings is 2. The van der Waals surface area contributed by atoms with E-state index in [0.29, 0.717) is 35.1 Å². The van der Waals surface area contributed by atoms with E-state index in [1.807, 2.05) is 42.5 Å². The van der Waals surface area contributed by atoms with Gasteiger partial charge in [0.2, 0.25) is 5.91 Å². The number of carbonyl (C=O) groups is 2. The summed E-state index contributed by atoms with van der Waals surface area (Å²) in [6.07, 6.45) is 3.39. The molecule has 1 aliphatic rings. The van der Waals surface area contributed by atoms with Crippen LogP contribution >= 0.6 is 11.6 Å². The number of anilines is 1. The topological polar surface area (TPSA) is 71.5 Å². The summed E-state index contributed by atoms with van der Waals surface area (Å²) in [7, 11) is 1.59. The number of ether oxygens (including phenoxy) is 1. The minimum atomic E-state index is -0.247. The number of aryl methyl sites for hydroxylation is 1. The molecule has 2 amide bonds. The molecule has 1 N–H and O–H groups in total. The van der Waals surface area contributed by atoms with Crippen molar-refractivity contribution in [2.75, 3.05) is 18.6 Å². The standard InChI is InChI=1S/C25H24ClN3O3/c1-32-23-10-3-2-7-18(23)14-24(30)29-11-5-9-21-22(29)13-19(16-27-21)25(31)28-15-17-6-4-8-20(26)12-17/h2-4,6-8,10,12-13,16H,5,9,11,14-15H2,1H3,(H,28,31). The third-order valence-corrected chi connectivity index (χ3v) is 5.71. The zero-order valence-corrected chi connectivity index (χ0v) is 18.6. The van der Waals surface area contributed by atoms with Crippen molar-refractivity contribution in [3.63, 3.8) is 0 Å². The molecule has 2 heterocycles. The highest BCUT2D eigenvalue weighted by molar-refractivity contribution is 6.30. The second kappa shape index (κ2) is 9.83. The van der Waals surface area contributed by atoms with E-state index in [0.717, 1.165) is 29.7 Å². The highest BCUT2D eigenvalue weighted by atomic mass is 35.5. The zero-order chi connectivity index (χ0) is 22.5. The van der Waals surface area contributed by atoms with Crippen LogP contribution < -0.4 is 15.0 Å². The lowest BCUT2D eigenvalue weighted by Gasteiger charge is -2.29. The maximum atomic E-state index is 13.2. The number of nitrogens with zero attached hydrogens (tertiary/aromatic N) is 2. The molecule has 0 saturated heterocycles. The molecule has 3 aromatic rings. The number of amides is 2. The van der Waals surface area contributed by atoms with Crippen LogP contribution in [0.4, 0.5) is 5.69 Å². The summed E-state index contributed by atoms with van der Waals surface area (Å²) in [5.41, 5.74) is 3.69. The number of halogens is 1. The van der Waals surface area contributed by atoms with Gasteiger partial charge in [-0.1, -0.05) is 41.9 Å². The number of fused-ring (bicyclic) bond motifs is 1. The molecule has 0 saturated carbocycles. The molecular formula is C25H24ClN3O3. The lowest BCUT2D eigenvalue weighted by atomic mass is 10.0. The van der Waals surface area contributed by atoms with Crippen LogP contribution in [0.2, 0.25) is 5.02 Å². The SMILES string of the molecule is COc1ccccc1CC(=O)N1CCCc2ncc(C(=O)NCc3cccc(Cl)c3)cc21. The number of para-hydroxylation sites is 1. The van der Waals surface area contributed by atoms with E-state index < -0.39 is 0 Å². The molecular weight excluding hydrogens is 426 g/mol. The van der Waals surface area contributed by atoms with E-state index in [1.165, 1.54) is 0 Å². The van der Waals surface area contributed by atoms with Crippen LogP contribution in [0.5, 0.6) is 5.75 Å². The number of carbonyl (C=O) groups excluding carboxylic acids is 2. The molecule has 0 atom stereocenters. The van der Waals surface area contributed by atoms with Crippen molar-refractivity contribution in [1.82, 2.24) is 10.3 Å². The van der Waals surface area contributed by atoms with Gasteiger partial charge in [0.1, 0.15) is 5.75 Å². The Kier molecular flexibility index (Phi) is 6.71. The first-order valence-electron chi connectivity index (χ1n) is 10.5. The van der Waals surface area contributed by atoms with E-state index >= 15 is 0 Å². The molecule has 0 bridgehead atoms. The quantitative estimate of drug-likeness (QED) is 0.612. The van der Waals surface area contributed by atoms with Gasteiger partial charge in [0.25, 0.3) is 5.91 Å². The summed E-state index contributed by atoms with van der Waals surface area (Å²) in [6.45, 7) is 0.948. The third kappa shape index (κ3) is 4.92. The largest absolute Gasteiger partial charge is 0.496 e. The number of rotatable bonds is 6. The molecule has 2 aromatic carbocycles. The van der Waals surface area contributed by atoms with Crippen LogP contribution in [0.3, 0.4) is 0 Å².